The van der Waals surface area contributed by atoms with Crippen molar-refractivity contribution >= 4 is 5.78 Å². The molecule has 2 aromatic rings. The van der Waals surface area contributed by atoms with Crippen molar-refractivity contribution < 1.29 is 14.3 Å². The molecule has 2 rings (SSSR count). The third-order valence-electron chi connectivity index (χ3n) is 3.86. The van der Waals surface area contributed by atoms with Crippen LogP contribution in [0.4, 0.5) is 0 Å². The normalized spacial score (nSPS) is 10.7. The number of ether oxygens (including phenoxy) is 2. The van der Waals surface area contributed by atoms with Gasteiger partial charge in [0.05, 0.1) is 20.8 Å². The minimum Gasteiger partial charge on any atom is -0.493 e. The fourth-order valence-electron chi connectivity index (χ4n) is 2.69. The van der Waals surface area contributed by atoms with E-state index in [1.54, 1.807) is 14.2 Å². The highest BCUT2D eigenvalue weighted by atomic mass is 16.5. The van der Waals surface area contributed by atoms with Crippen molar-refractivity contribution in [2.45, 2.75) is 19.9 Å². The summed E-state index contributed by atoms with van der Waals surface area (Å²) in [6.07, 6.45) is 0.995. The van der Waals surface area contributed by atoms with Gasteiger partial charge in [0, 0.05) is 12.1 Å². The molecule has 0 radical (unpaired) electrons. The molecule has 128 valence electrons. The molecule has 0 bridgehead atoms. The number of methoxy groups -OCH3 is 2. The number of hydrogen-bond donors (Lipinski definition) is 0. The fourth-order valence-corrected chi connectivity index (χ4v) is 2.69. The Bertz CT molecular complexity index is 655. The van der Waals surface area contributed by atoms with Crippen LogP contribution in [-0.2, 0) is 6.54 Å². The summed E-state index contributed by atoms with van der Waals surface area (Å²) >= 11 is 0. The van der Waals surface area contributed by atoms with E-state index in [0.717, 1.165) is 24.1 Å². The summed E-state index contributed by atoms with van der Waals surface area (Å²) in [5.74, 6) is 1.56. The molecule has 0 N–H and O–H groups in total. The Morgan fingerprint density at radius 2 is 1.71 bits per heavy atom. The van der Waals surface area contributed by atoms with E-state index in [1.165, 1.54) is 0 Å². The van der Waals surface area contributed by atoms with Crippen molar-refractivity contribution in [3.05, 3.63) is 59.7 Å². The summed E-state index contributed by atoms with van der Waals surface area (Å²) in [5, 5.41) is 0. The molecule has 0 saturated heterocycles. The Morgan fingerprint density at radius 1 is 1.00 bits per heavy atom. The van der Waals surface area contributed by atoms with Gasteiger partial charge in [-0.05, 0) is 30.7 Å². The SMILES string of the molecule is CCCN(CC(=O)c1ccccc1)Cc1ccc(OC)c(OC)c1. The largest absolute Gasteiger partial charge is 0.493 e. The van der Waals surface area contributed by atoms with Crippen molar-refractivity contribution in [3.63, 3.8) is 0 Å². The fraction of sp³-hybridized carbons (Fsp3) is 0.350. The first kappa shape index (κ1) is 18.0. The second-order valence-corrected chi connectivity index (χ2v) is 5.69. The number of benzene rings is 2. The van der Waals surface area contributed by atoms with Crippen LogP contribution in [0.25, 0.3) is 0 Å². The van der Waals surface area contributed by atoms with Gasteiger partial charge in [0.25, 0.3) is 0 Å². The molecule has 0 atom stereocenters. The molecule has 0 fully saturated rings. The van der Waals surface area contributed by atoms with Crippen LogP contribution in [0.3, 0.4) is 0 Å². The molecular formula is C20H25NO3. The molecule has 4 nitrogen and oxygen atoms in total. The highest BCUT2D eigenvalue weighted by Crippen LogP contribution is 2.28. The van der Waals surface area contributed by atoms with Crippen LogP contribution in [-0.4, -0.2) is 38.0 Å². The van der Waals surface area contributed by atoms with Gasteiger partial charge in [-0.3, -0.25) is 9.69 Å². The first-order chi connectivity index (χ1) is 11.7. The molecule has 24 heavy (non-hydrogen) atoms. The van der Waals surface area contributed by atoms with Crippen LogP contribution in [0.1, 0.15) is 29.3 Å². The molecule has 0 aliphatic rings. The quantitative estimate of drug-likeness (QED) is 0.657. The molecule has 0 aliphatic heterocycles. The summed E-state index contributed by atoms with van der Waals surface area (Å²) in [4.78, 5) is 14.6. The van der Waals surface area contributed by atoms with Gasteiger partial charge in [-0.15, -0.1) is 0 Å². The molecule has 0 spiro atoms. The van der Waals surface area contributed by atoms with E-state index in [1.807, 2.05) is 48.5 Å². The van der Waals surface area contributed by atoms with Gasteiger partial charge < -0.3 is 9.47 Å². The number of carbonyl (C=O) groups excluding carboxylic acids is 1. The van der Waals surface area contributed by atoms with Crippen LogP contribution in [0.2, 0.25) is 0 Å². The zero-order chi connectivity index (χ0) is 17.4. The number of Topliss-reactive ketones (excluding diaryl/α,β-unsaturated/α-hetero) is 1. The molecule has 0 amide bonds. The maximum atomic E-state index is 12.5. The van der Waals surface area contributed by atoms with Crippen LogP contribution in [0.15, 0.2) is 48.5 Å². The zero-order valence-corrected chi connectivity index (χ0v) is 14.6. The third-order valence-corrected chi connectivity index (χ3v) is 3.86. The van der Waals surface area contributed by atoms with Gasteiger partial charge >= 0.3 is 0 Å². The van der Waals surface area contributed by atoms with Crippen LogP contribution >= 0.6 is 0 Å². The number of nitrogens with zero attached hydrogens (tertiary/aromatic N) is 1. The molecule has 0 saturated carbocycles. The minimum atomic E-state index is 0.143. The van der Waals surface area contributed by atoms with E-state index in [-0.39, 0.29) is 5.78 Å². The first-order valence-electron chi connectivity index (χ1n) is 8.19. The summed E-state index contributed by atoms with van der Waals surface area (Å²) in [6, 6.07) is 15.3. The van der Waals surface area contributed by atoms with E-state index in [9.17, 15) is 4.79 Å². The minimum absolute atomic E-state index is 0.143. The first-order valence-corrected chi connectivity index (χ1v) is 8.19. The van der Waals surface area contributed by atoms with E-state index in [4.69, 9.17) is 9.47 Å². The smallest absolute Gasteiger partial charge is 0.176 e. The zero-order valence-electron chi connectivity index (χ0n) is 14.6. The monoisotopic (exact) mass is 327 g/mol. The van der Waals surface area contributed by atoms with E-state index in [2.05, 4.69) is 11.8 Å². The molecule has 2 aromatic carbocycles. The molecule has 0 aliphatic carbocycles. The highest BCUT2D eigenvalue weighted by molar-refractivity contribution is 5.97. The lowest BCUT2D eigenvalue weighted by Crippen LogP contribution is -2.30. The van der Waals surface area contributed by atoms with Crippen molar-refractivity contribution in [3.8, 4) is 11.5 Å². The van der Waals surface area contributed by atoms with Gasteiger partial charge in [-0.2, -0.15) is 0 Å². The van der Waals surface area contributed by atoms with Gasteiger partial charge in [0.1, 0.15) is 0 Å². The standard InChI is InChI=1S/C20H25NO3/c1-4-12-21(15-18(22)17-8-6-5-7-9-17)14-16-10-11-19(23-2)20(13-16)24-3/h5-11,13H,4,12,14-15H2,1-3H3. The number of rotatable bonds is 9. The van der Waals surface area contributed by atoms with Gasteiger partial charge in [-0.1, -0.05) is 43.3 Å². The van der Waals surface area contributed by atoms with E-state index >= 15 is 0 Å². The Hall–Kier alpha value is -2.33. The number of hydrogen-bond acceptors (Lipinski definition) is 4. The van der Waals surface area contributed by atoms with Gasteiger partial charge in [-0.25, -0.2) is 0 Å². The molecule has 0 unspecified atom stereocenters. The molecule has 4 heteroatoms. The molecular weight excluding hydrogens is 302 g/mol. The predicted molar refractivity (Wildman–Crippen MR) is 95.9 cm³/mol. The van der Waals surface area contributed by atoms with Crippen molar-refractivity contribution in [2.24, 2.45) is 0 Å². The Labute approximate surface area is 144 Å². The predicted octanol–water partition coefficient (Wildman–Crippen LogP) is 3.80. The van der Waals surface area contributed by atoms with E-state index < -0.39 is 0 Å². The van der Waals surface area contributed by atoms with Crippen molar-refractivity contribution in [2.75, 3.05) is 27.3 Å². The topological polar surface area (TPSA) is 38.8 Å². The lowest BCUT2D eigenvalue weighted by molar-refractivity contribution is 0.0925. The van der Waals surface area contributed by atoms with Crippen molar-refractivity contribution in [1.29, 1.82) is 0 Å². The van der Waals surface area contributed by atoms with Crippen LogP contribution in [0, 0.1) is 0 Å². The van der Waals surface area contributed by atoms with Crippen LogP contribution < -0.4 is 9.47 Å². The second kappa shape index (κ2) is 9.08. The Kier molecular flexibility index (Phi) is 6.82. The van der Waals surface area contributed by atoms with Gasteiger partial charge in [0.15, 0.2) is 17.3 Å². The number of carbonyl (C=O) groups is 1. The summed E-state index contributed by atoms with van der Waals surface area (Å²) < 4.78 is 10.6. The Balaban J connectivity index is 2.09. The maximum Gasteiger partial charge on any atom is 0.176 e. The van der Waals surface area contributed by atoms with E-state index in [0.29, 0.717) is 24.6 Å². The third kappa shape index (κ3) is 4.83. The van der Waals surface area contributed by atoms with Crippen molar-refractivity contribution in [1.82, 2.24) is 4.90 Å². The Morgan fingerprint density at radius 3 is 2.33 bits per heavy atom. The lowest BCUT2D eigenvalue weighted by atomic mass is 10.1. The summed E-state index contributed by atoms with van der Waals surface area (Å²) in [7, 11) is 3.25. The molecule has 0 heterocycles. The highest BCUT2D eigenvalue weighted by Gasteiger charge is 2.13. The summed E-state index contributed by atoms with van der Waals surface area (Å²) in [5.41, 5.74) is 1.85. The number of ketones is 1. The average molecular weight is 327 g/mol. The van der Waals surface area contributed by atoms with Gasteiger partial charge in [0.2, 0.25) is 0 Å². The lowest BCUT2D eigenvalue weighted by Gasteiger charge is -2.21. The molecule has 0 aromatic heterocycles. The summed E-state index contributed by atoms with van der Waals surface area (Å²) in [6.45, 7) is 4.10. The maximum absolute atomic E-state index is 12.5. The average Bonchev–Trinajstić information content (AvgIpc) is 2.62. The second-order valence-electron chi connectivity index (χ2n) is 5.69. The van der Waals surface area contributed by atoms with Crippen LogP contribution in [0.5, 0.6) is 11.5 Å².